The van der Waals surface area contributed by atoms with Gasteiger partial charge in [0.05, 0.1) is 12.7 Å². The Labute approximate surface area is 146 Å². The monoisotopic (exact) mass is 352 g/mol. The Balaban J connectivity index is 0.00000192. The Morgan fingerprint density at radius 2 is 2.00 bits per heavy atom. The molecule has 4 nitrogen and oxygen atoms in total. The number of nitrogens with one attached hydrogen (secondary N) is 2. The average molecular weight is 353 g/mol. The van der Waals surface area contributed by atoms with Crippen molar-refractivity contribution < 1.29 is 9.53 Å². The molecule has 1 heterocycles. The van der Waals surface area contributed by atoms with E-state index >= 15 is 0 Å². The average Bonchev–Trinajstić information content (AvgIpc) is 2.56. The molecule has 1 aliphatic heterocycles. The molecule has 2 N–H and O–H groups in total. The zero-order chi connectivity index (χ0) is 15.4. The summed E-state index contributed by atoms with van der Waals surface area (Å²) in [5.41, 5.74) is 2.39. The molecule has 0 radical (unpaired) electrons. The van der Waals surface area contributed by atoms with Crippen molar-refractivity contribution in [3.63, 3.8) is 0 Å². The summed E-state index contributed by atoms with van der Waals surface area (Å²) in [6.45, 7) is 2.37. The molecule has 3 rings (SSSR count). The predicted molar refractivity (Wildman–Crippen MR) is 94.7 cm³/mol. The molecule has 0 bridgehead atoms. The van der Waals surface area contributed by atoms with E-state index < -0.39 is 0 Å². The Morgan fingerprint density at radius 3 is 2.70 bits per heavy atom. The number of carbonyl (C=O) groups excluding carboxylic acids is 1. The van der Waals surface area contributed by atoms with Crippen molar-refractivity contribution in [1.82, 2.24) is 5.32 Å². The topological polar surface area (TPSA) is 50.4 Å². The lowest BCUT2D eigenvalue weighted by Crippen LogP contribution is -2.33. The number of hydrogen-bond acceptors (Lipinski definition) is 3. The second-order valence-corrected chi connectivity index (χ2v) is 5.59. The van der Waals surface area contributed by atoms with Crippen molar-refractivity contribution in [2.75, 3.05) is 25.0 Å². The van der Waals surface area contributed by atoms with Gasteiger partial charge in [-0.05, 0) is 42.0 Å². The first-order valence-corrected chi connectivity index (χ1v) is 7.59. The van der Waals surface area contributed by atoms with Crippen LogP contribution < -0.4 is 10.6 Å². The van der Waals surface area contributed by atoms with Gasteiger partial charge in [0.2, 0.25) is 0 Å². The van der Waals surface area contributed by atoms with Gasteiger partial charge in [-0.25, -0.2) is 0 Å². The summed E-state index contributed by atoms with van der Waals surface area (Å²) in [4.78, 5) is 12.2. The minimum absolute atomic E-state index is 0. The highest BCUT2D eigenvalue weighted by atomic mass is 35.5. The molecule has 0 spiro atoms. The third kappa shape index (κ3) is 4.69. The van der Waals surface area contributed by atoms with E-state index in [4.69, 9.17) is 16.3 Å². The van der Waals surface area contributed by atoms with Crippen LogP contribution in [0, 0.1) is 0 Å². The van der Waals surface area contributed by atoms with Crippen LogP contribution in [0.2, 0.25) is 5.02 Å². The largest absolute Gasteiger partial charge is 0.371 e. The van der Waals surface area contributed by atoms with Gasteiger partial charge in [-0.1, -0.05) is 23.7 Å². The van der Waals surface area contributed by atoms with Gasteiger partial charge >= 0.3 is 0 Å². The van der Waals surface area contributed by atoms with E-state index in [0.717, 1.165) is 24.3 Å². The van der Waals surface area contributed by atoms with Gasteiger partial charge in [-0.2, -0.15) is 0 Å². The standard InChI is InChI=1S/C17H17ClN2O2.ClH/c18-14-6-4-12(5-7-14)17(21)20-15-3-1-2-13(10-15)16-11-19-8-9-22-16;/h1-7,10,16,19H,8-9,11H2,(H,20,21);1H. The van der Waals surface area contributed by atoms with Crippen LogP contribution >= 0.6 is 24.0 Å². The molecular formula is C17H18Cl2N2O2. The highest BCUT2D eigenvalue weighted by Gasteiger charge is 2.16. The fourth-order valence-electron chi connectivity index (χ4n) is 2.40. The lowest BCUT2D eigenvalue weighted by molar-refractivity contribution is 0.0277. The fraction of sp³-hybridized carbons (Fsp3) is 0.235. The lowest BCUT2D eigenvalue weighted by Gasteiger charge is -2.24. The molecule has 6 heteroatoms. The second-order valence-electron chi connectivity index (χ2n) is 5.15. The van der Waals surface area contributed by atoms with Crippen LogP contribution in [0.25, 0.3) is 0 Å². The van der Waals surface area contributed by atoms with Crippen LogP contribution in [0.3, 0.4) is 0 Å². The third-order valence-electron chi connectivity index (χ3n) is 3.55. The molecule has 1 atom stereocenters. The van der Waals surface area contributed by atoms with E-state index in [1.54, 1.807) is 24.3 Å². The number of benzene rings is 2. The Kier molecular flexibility index (Phi) is 6.42. The lowest BCUT2D eigenvalue weighted by atomic mass is 10.1. The maximum Gasteiger partial charge on any atom is 0.255 e. The van der Waals surface area contributed by atoms with E-state index in [-0.39, 0.29) is 24.4 Å². The number of ether oxygens (including phenoxy) is 1. The zero-order valence-electron chi connectivity index (χ0n) is 12.4. The van der Waals surface area contributed by atoms with E-state index in [0.29, 0.717) is 17.2 Å². The first-order valence-electron chi connectivity index (χ1n) is 7.21. The van der Waals surface area contributed by atoms with E-state index in [1.165, 1.54) is 0 Å². The maximum absolute atomic E-state index is 12.2. The SMILES string of the molecule is Cl.O=C(Nc1cccc(C2CNCCO2)c1)c1ccc(Cl)cc1. The van der Waals surface area contributed by atoms with E-state index in [1.807, 2.05) is 24.3 Å². The van der Waals surface area contributed by atoms with Gasteiger partial charge in [0.15, 0.2) is 0 Å². The predicted octanol–water partition coefficient (Wildman–Crippen LogP) is 3.68. The van der Waals surface area contributed by atoms with Gasteiger partial charge in [0.1, 0.15) is 0 Å². The molecule has 2 aromatic carbocycles. The molecule has 2 aromatic rings. The normalized spacial score (nSPS) is 17.2. The molecule has 1 unspecified atom stereocenters. The van der Waals surface area contributed by atoms with Gasteiger partial charge in [0.25, 0.3) is 5.91 Å². The minimum atomic E-state index is -0.156. The van der Waals surface area contributed by atoms with E-state index in [9.17, 15) is 4.79 Å². The highest BCUT2D eigenvalue weighted by Crippen LogP contribution is 2.22. The van der Waals surface area contributed by atoms with Crippen LogP contribution in [-0.4, -0.2) is 25.6 Å². The fourth-order valence-corrected chi connectivity index (χ4v) is 2.53. The van der Waals surface area contributed by atoms with Crippen molar-refractivity contribution in [2.45, 2.75) is 6.10 Å². The van der Waals surface area contributed by atoms with Gasteiger partial charge in [-0.3, -0.25) is 4.79 Å². The number of hydrogen-bond donors (Lipinski definition) is 2. The number of anilines is 1. The van der Waals surface area contributed by atoms with Crippen molar-refractivity contribution in [1.29, 1.82) is 0 Å². The summed E-state index contributed by atoms with van der Waals surface area (Å²) >= 11 is 5.83. The number of amides is 1. The second kappa shape index (κ2) is 8.31. The van der Waals surface area contributed by atoms with Crippen molar-refractivity contribution >= 4 is 35.6 Å². The van der Waals surface area contributed by atoms with E-state index in [2.05, 4.69) is 10.6 Å². The highest BCUT2D eigenvalue weighted by molar-refractivity contribution is 6.30. The number of morpholine rings is 1. The molecule has 1 aliphatic rings. The van der Waals surface area contributed by atoms with Gasteiger partial charge in [0, 0.05) is 29.4 Å². The minimum Gasteiger partial charge on any atom is -0.371 e. The molecule has 0 aromatic heterocycles. The summed E-state index contributed by atoms with van der Waals surface area (Å²) in [7, 11) is 0. The molecule has 122 valence electrons. The molecule has 1 saturated heterocycles. The van der Waals surface area contributed by atoms with Gasteiger partial charge < -0.3 is 15.4 Å². The first-order chi connectivity index (χ1) is 10.7. The molecular weight excluding hydrogens is 335 g/mol. The summed E-state index contributed by atoms with van der Waals surface area (Å²) < 4.78 is 5.73. The van der Waals surface area contributed by atoms with Gasteiger partial charge in [-0.15, -0.1) is 12.4 Å². The summed E-state index contributed by atoms with van der Waals surface area (Å²) in [6, 6.07) is 14.6. The quantitative estimate of drug-likeness (QED) is 0.885. The summed E-state index contributed by atoms with van der Waals surface area (Å²) in [5, 5.41) is 6.81. The van der Waals surface area contributed by atoms with Crippen LogP contribution in [0.5, 0.6) is 0 Å². The first kappa shape index (κ1) is 17.8. The smallest absolute Gasteiger partial charge is 0.255 e. The van der Waals surface area contributed by atoms with Crippen LogP contribution in [0.4, 0.5) is 5.69 Å². The molecule has 23 heavy (non-hydrogen) atoms. The van der Waals surface area contributed by atoms with Crippen LogP contribution in [0.15, 0.2) is 48.5 Å². The zero-order valence-corrected chi connectivity index (χ0v) is 14.0. The number of rotatable bonds is 3. The Hall–Kier alpha value is -1.59. The molecule has 1 amide bonds. The molecule has 1 fully saturated rings. The van der Waals surface area contributed by atoms with Crippen molar-refractivity contribution in [3.05, 3.63) is 64.7 Å². The molecule has 0 saturated carbocycles. The Morgan fingerprint density at radius 1 is 1.22 bits per heavy atom. The molecule has 0 aliphatic carbocycles. The summed E-state index contributed by atoms with van der Waals surface area (Å²) in [6.07, 6.45) is 0.0288. The van der Waals surface area contributed by atoms with Crippen molar-refractivity contribution in [2.24, 2.45) is 0 Å². The van der Waals surface area contributed by atoms with Crippen LogP contribution in [-0.2, 0) is 4.74 Å². The Bertz CT molecular complexity index is 656. The van der Waals surface area contributed by atoms with Crippen LogP contribution in [0.1, 0.15) is 22.0 Å². The number of carbonyl (C=O) groups is 1. The van der Waals surface area contributed by atoms with Crippen molar-refractivity contribution in [3.8, 4) is 0 Å². The number of halogens is 2. The maximum atomic E-state index is 12.2. The third-order valence-corrected chi connectivity index (χ3v) is 3.80. The summed E-state index contributed by atoms with van der Waals surface area (Å²) in [5.74, 6) is -0.156.